The largest absolute Gasteiger partial charge is 0.476 e. The minimum atomic E-state index is -0.993. The summed E-state index contributed by atoms with van der Waals surface area (Å²) < 4.78 is 1.71. The second kappa shape index (κ2) is 4.64. The van der Waals surface area contributed by atoms with E-state index in [0.29, 0.717) is 0 Å². The van der Waals surface area contributed by atoms with Crippen molar-refractivity contribution in [1.82, 2.24) is 9.78 Å². The van der Waals surface area contributed by atoms with Crippen LogP contribution in [0.2, 0.25) is 0 Å². The molecule has 0 radical (unpaired) electrons. The summed E-state index contributed by atoms with van der Waals surface area (Å²) in [5, 5.41) is 13.1. The Balaban J connectivity index is 2.58. The zero-order chi connectivity index (χ0) is 13.3. The lowest BCUT2D eigenvalue weighted by molar-refractivity contribution is 0.0690. The van der Waals surface area contributed by atoms with Crippen LogP contribution in [0.5, 0.6) is 0 Å². The standard InChI is InChI=1S/C14H16N2O2/c1-4-11-8-13(14(17)18)15-16(11)12-6-9(2)5-10(3)7-12/h5-8H,4H2,1-3H3,(H,17,18). The molecule has 4 heteroatoms. The van der Waals surface area contributed by atoms with E-state index in [1.54, 1.807) is 10.7 Å². The molecule has 2 rings (SSSR count). The number of aromatic carboxylic acids is 1. The van der Waals surface area contributed by atoms with E-state index in [1.165, 1.54) is 0 Å². The summed E-state index contributed by atoms with van der Waals surface area (Å²) in [5.74, 6) is -0.993. The molecule has 0 saturated carbocycles. The Morgan fingerprint density at radius 1 is 1.22 bits per heavy atom. The second-order valence-electron chi connectivity index (χ2n) is 4.44. The molecule has 0 spiro atoms. The van der Waals surface area contributed by atoms with Gasteiger partial charge in [0.05, 0.1) is 5.69 Å². The molecule has 4 nitrogen and oxygen atoms in total. The van der Waals surface area contributed by atoms with Crippen molar-refractivity contribution in [2.24, 2.45) is 0 Å². The first-order valence-electron chi connectivity index (χ1n) is 5.92. The summed E-state index contributed by atoms with van der Waals surface area (Å²) in [6.07, 6.45) is 0.743. The molecule has 94 valence electrons. The summed E-state index contributed by atoms with van der Waals surface area (Å²) in [6.45, 7) is 6.02. The number of benzene rings is 1. The number of hydrogen-bond donors (Lipinski definition) is 1. The Hall–Kier alpha value is -2.10. The van der Waals surface area contributed by atoms with Crippen molar-refractivity contribution in [3.05, 3.63) is 46.8 Å². The van der Waals surface area contributed by atoms with E-state index < -0.39 is 5.97 Å². The molecule has 1 aromatic carbocycles. The van der Waals surface area contributed by atoms with Gasteiger partial charge in [0, 0.05) is 5.69 Å². The number of carboxylic acids is 1. The van der Waals surface area contributed by atoms with Gasteiger partial charge in [-0.3, -0.25) is 0 Å². The van der Waals surface area contributed by atoms with E-state index in [1.807, 2.05) is 32.9 Å². The fourth-order valence-electron chi connectivity index (χ4n) is 2.07. The van der Waals surface area contributed by atoms with Gasteiger partial charge in [0.25, 0.3) is 0 Å². The van der Waals surface area contributed by atoms with E-state index in [4.69, 9.17) is 5.11 Å². The highest BCUT2D eigenvalue weighted by Gasteiger charge is 2.13. The predicted molar refractivity (Wildman–Crippen MR) is 69.4 cm³/mol. The van der Waals surface area contributed by atoms with Crippen LogP contribution in [-0.4, -0.2) is 20.9 Å². The summed E-state index contributed by atoms with van der Waals surface area (Å²) in [5.41, 5.74) is 4.18. The fourth-order valence-corrected chi connectivity index (χ4v) is 2.07. The molecular formula is C14H16N2O2. The molecule has 0 aliphatic heterocycles. The van der Waals surface area contributed by atoms with Crippen molar-refractivity contribution in [3.63, 3.8) is 0 Å². The highest BCUT2D eigenvalue weighted by atomic mass is 16.4. The molecule has 0 amide bonds. The first kappa shape index (κ1) is 12.4. The minimum Gasteiger partial charge on any atom is -0.476 e. The Morgan fingerprint density at radius 3 is 2.33 bits per heavy atom. The lowest BCUT2D eigenvalue weighted by Gasteiger charge is -2.08. The SMILES string of the molecule is CCc1cc(C(=O)O)nn1-c1cc(C)cc(C)c1. The molecule has 2 aromatic rings. The monoisotopic (exact) mass is 244 g/mol. The molecule has 0 unspecified atom stereocenters. The fraction of sp³-hybridized carbons (Fsp3) is 0.286. The molecule has 0 fully saturated rings. The Bertz CT molecular complexity index is 580. The topological polar surface area (TPSA) is 55.1 Å². The average Bonchev–Trinajstić information content (AvgIpc) is 2.71. The van der Waals surface area contributed by atoms with Gasteiger partial charge in [0.2, 0.25) is 0 Å². The molecule has 0 aliphatic carbocycles. The molecule has 0 saturated heterocycles. The van der Waals surface area contributed by atoms with Gasteiger partial charge in [-0.1, -0.05) is 13.0 Å². The molecule has 18 heavy (non-hydrogen) atoms. The van der Waals surface area contributed by atoms with Gasteiger partial charge in [-0.2, -0.15) is 5.10 Å². The predicted octanol–water partition coefficient (Wildman–Crippen LogP) is 2.75. The number of carbonyl (C=O) groups is 1. The Labute approximate surface area is 106 Å². The van der Waals surface area contributed by atoms with Crippen molar-refractivity contribution < 1.29 is 9.90 Å². The maximum Gasteiger partial charge on any atom is 0.356 e. The molecular weight excluding hydrogens is 228 g/mol. The first-order valence-corrected chi connectivity index (χ1v) is 5.92. The third-order valence-electron chi connectivity index (χ3n) is 2.82. The highest BCUT2D eigenvalue weighted by Crippen LogP contribution is 2.17. The summed E-state index contributed by atoms with van der Waals surface area (Å²) in [4.78, 5) is 11.0. The summed E-state index contributed by atoms with van der Waals surface area (Å²) >= 11 is 0. The van der Waals surface area contributed by atoms with Crippen LogP contribution in [0, 0.1) is 13.8 Å². The molecule has 0 aliphatic rings. The van der Waals surface area contributed by atoms with Crippen molar-refractivity contribution >= 4 is 5.97 Å². The minimum absolute atomic E-state index is 0.0889. The zero-order valence-electron chi connectivity index (χ0n) is 10.8. The van der Waals surface area contributed by atoms with Crippen molar-refractivity contribution in [1.29, 1.82) is 0 Å². The smallest absolute Gasteiger partial charge is 0.356 e. The third-order valence-corrected chi connectivity index (χ3v) is 2.82. The molecule has 0 bridgehead atoms. The van der Waals surface area contributed by atoms with E-state index in [0.717, 1.165) is 28.9 Å². The Kier molecular flexibility index (Phi) is 3.19. The van der Waals surface area contributed by atoms with Crippen LogP contribution in [-0.2, 0) is 6.42 Å². The second-order valence-corrected chi connectivity index (χ2v) is 4.44. The van der Waals surface area contributed by atoms with Gasteiger partial charge in [-0.05, 0) is 49.6 Å². The van der Waals surface area contributed by atoms with Crippen LogP contribution in [0.25, 0.3) is 5.69 Å². The van der Waals surface area contributed by atoms with E-state index >= 15 is 0 Å². The lowest BCUT2D eigenvalue weighted by atomic mass is 10.1. The normalized spacial score (nSPS) is 10.6. The van der Waals surface area contributed by atoms with Gasteiger partial charge < -0.3 is 5.11 Å². The van der Waals surface area contributed by atoms with Gasteiger partial charge in [-0.15, -0.1) is 0 Å². The molecule has 1 aromatic heterocycles. The van der Waals surface area contributed by atoms with Gasteiger partial charge >= 0.3 is 5.97 Å². The molecule has 1 N–H and O–H groups in total. The number of rotatable bonds is 3. The summed E-state index contributed by atoms with van der Waals surface area (Å²) in [6, 6.07) is 7.71. The van der Waals surface area contributed by atoms with Crippen LogP contribution in [0.3, 0.4) is 0 Å². The van der Waals surface area contributed by atoms with E-state index in [2.05, 4.69) is 11.2 Å². The first-order chi connectivity index (χ1) is 8.51. The number of hydrogen-bond acceptors (Lipinski definition) is 2. The van der Waals surface area contributed by atoms with Crippen LogP contribution in [0.4, 0.5) is 0 Å². The van der Waals surface area contributed by atoms with Crippen LogP contribution < -0.4 is 0 Å². The third kappa shape index (κ3) is 2.27. The maximum absolute atomic E-state index is 11.0. The van der Waals surface area contributed by atoms with Crippen LogP contribution in [0.1, 0.15) is 34.2 Å². The van der Waals surface area contributed by atoms with E-state index in [9.17, 15) is 4.79 Å². The van der Waals surface area contributed by atoms with Crippen LogP contribution >= 0.6 is 0 Å². The summed E-state index contributed by atoms with van der Waals surface area (Å²) in [7, 11) is 0. The lowest BCUT2D eigenvalue weighted by Crippen LogP contribution is -2.04. The van der Waals surface area contributed by atoms with Gasteiger partial charge in [0.1, 0.15) is 0 Å². The maximum atomic E-state index is 11.0. The van der Waals surface area contributed by atoms with Crippen molar-refractivity contribution in [3.8, 4) is 5.69 Å². The quantitative estimate of drug-likeness (QED) is 0.903. The number of aryl methyl sites for hydroxylation is 3. The van der Waals surface area contributed by atoms with Gasteiger partial charge in [0.15, 0.2) is 5.69 Å². The number of aromatic nitrogens is 2. The number of carboxylic acid groups (broad SMARTS) is 1. The number of nitrogens with zero attached hydrogens (tertiary/aromatic N) is 2. The van der Waals surface area contributed by atoms with Crippen LogP contribution in [0.15, 0.2) is 24.3 Å². The van der Waals surface area contributed by atoms with Crippen molar-refractivity contribution in [2.75, 3.05) is 0 Å². The van der Waals surface area contributed by atoms with Crippen molar-refractivity contribution in [2.45, 2.75) is 27.2 Å². The average molecular weight is 244 g/mol. The van der Waals surface area contributed by atoms with E-state index in [-0.39, 0.29) is 5.69 Å². The zero-order valence-corrected chi connectivity index (χ0v) is 10.8. The molecule has 1 heterocycles. The van der Waals surface area contributed by atoms with Gasteiger partial charge in [-0.25, -0.2) is 9.48 Å². The molecule has 0 atom stereocenters. The Morgan fingerprint density at radius 2 is 1.83 bits per heavy atom. The highest BCUT2D eigenvalue weighted by molar-refractivity contribution is 5.85.